The molecular weight excluding hydrogens is 795 g/mol. The Kier molecular flexibility index (Phi) is 24.2. The Balaban J connectivity index is 0.000000681. The molecular formula is C40H46BBrO8S3. The van der Waals surface area contributed by atoms with Crippen molar-refractivity contribution in [2.75, 3.05) is 13.2 Å². The van der Waals surface area contributed by atoms with E-state index in [9.17, 15) is 14.4 Å². The largest absolute Gasteiger partial charge is 0.488 e. The Morgan fingerprint density at radius 3 is 1.34 bits per heavy atom. The molecule has 6 rings (SSSR count). The lowest BCUT2D eigenvalue weighted by atomic mass is 9.81. The third kappa shape index (κ3) is 15.6. The lowest BCUT2D eigenvalue weighted by molar-refractivity contribution is 0.0517. The first-order valence-electron chi connectivity index (χ1n) is 15.1. The first kappa shape index (κ1) is 48.6. The van der Waals surface area contributed by atoms with Crippen LogP contribution in [0.25, 0.3) is 20.9 Å². The van der Waals surface area contributed by atoms with Gasteiger partial charge in [0, 0.05) is 9.75 Å². The fourth-order valence-corrected chi connectivity index (χ4v) is 7.06. The zero-order valence-corrected chi connectivity index (χ0v) is 31.1. The van der Waals surface area contributed by atoms with Crippen molar-refractivity contribution in [2.45, 2.75) is 36.1 Å². The Morgan fingerprint density at radius 2 is 0.962 bits per heavy atom. The zero-order valence-electron chi connectivity index (χ0n) is 27.1. The summed E-state index contributed by atoms with van der Waals surface area (Å²) in [6.45, 7) is 4.43. The third-order valence-corrected chi connectivity index (χ3v) is 9.95. The van der Waals surface area contributed by atoms with Gasteiger partial charge in [0.2, 0.25) is 0 Å². The van der Waals surface area contributed by atoms with E-state index in [4.69, 9.17) is 24.6 Å². The lowest BCUT2D eigenvalue weighted by Gasteiger charge is -2.03. The van der Waals surface area contributed by atoms with Crippen molar-refractivity contribution < 1.29 is 39.0 Å². The minimum absolute atomic E-state index is 0. The molecule has 53 heavy (non-hydrogen) atoms. The second-order valence-corrected chi connectivity index (χ2v) is 13.8. The number of carbonyl (C=O) groups is 3. The smallest absolute Gasteiger partial charge is 0.478 e. The normalized spacial score (nSPS) is 9.23. The number of carbonyl (C=O) groups excluding carboxylic acids is 2. The Hall–Kier alpha value is -4.37. The number of rotatable bonds is 8. The quantitative estimate of drug-likeness (QED) is 0.102. The van der Waals surface area contributed by atoms with Crippen LogP contribution in [0.5, 0.6) is 0 Å². The summed E-state index contributed by atoms with van der Waals surface area (Å²) in [6.07, 6.45) is 0. The molecule has 0 atom stereocenters. The Labute approximate surface area is 333 Å². The fourth-order valence-electron chi connectivity index (χ4n) is 4.06. The Bertz CT molecular complexity index is 1890. The molecule has 0 bridgehead atoms. The van der Waals surface area contributed by atoms with Crippen LogP contribution < -0.4 is 5.46 Å². The van der Waals surface area contributed by atoms with E-state index in [1.54, 1.807) is 60.0 Å². The van der Waals surface area contributed by atoms with E-state index >= 15 is 0 Å². The van der Waals surface area contributed by atoms with Crippen molar-refractivity contribution in [2.24, 2.45) is 0 Å². The van der Waals surface area contributed by atoms with Gasteiger partial charge in [0.05, 0.1) is 33.7 Å². The molecule has 13 heteroatoms. The van der Waals surface area contributed by atoms with Gasteiger partial charge in [0.1, 0.15) is 0 Å². The van der Waals surface area contributed by atoms with E-state index in [1.165, 1.54) is 22.7 Å². The molecule has 0 aliphatic rings. The van der Waals surface area contributed by atoms with Crippen LogP contribution >= 0.6 is 49.9 Å². The summed E-state index contributed by atoms with van der Waals surface area (Å²) >= 11 is 7.74. The first-order valence-corrected chi connectivity index (χ1v) is 18.6. The van der Waals surface area contributed by atoms with E-state index in [0.29, 0.717) is 35.4 Å². The highest BCUT2D eigenvalue weighted by molar-refractivity contribution is 9.11. The summed E-state index contributed by atoms with van der Waals surface area (Å²) in [5.74, 6) is -1.38. The van der Waals surface area contributed by atoms with Crippen LogP contribution in [0, 0.1) is 0 Å². The number of hydrogen-bond donors (Lipinski definition) is 3. The van der Waals surface area contributed by atoms with Crippen LogP contribution in [0.15, 0.2) is 129 Å². The van der Waals surface area contributed by atoms with Crippen LogP contribution in [0.4, 0.5) is 0 Å². The molecule has 0 saturated carbocycles. The lowest BCUT2D eigenvalue weighted by Crippen LogP contribution is -2.29. The number of esters is 2. The van der Waals surface area contributed by atoms with E-state index in [0.717, 1.165) is 24.7 Å². The predicted octanol–water partition coefficient (Wildman–Crippen LogP) is 10.7. The molecule has 6 aromatic rings. The minimum Gasteiger partial charge on any atom is -0.478 e. The van der Waals surface area contributed by atoms with Crippen LogP contribution in [-0.2, 0) is 9.47 Å². The van der Waals surface area contributed by atoms with Crippen LogP contribution in [-0.4, -0.2) is 53.4 Å². The maximum atomic E-state index is 11.7. The number of ether oxygens (including phenoxy) is 2. The Morgan fingerprint density at radius 1 is 0.585 bits per heavy atom. The van der Waals surface area contributed by atoms with Crippen molar-refractivity contribution in [1.29, 1.82) is 0 Å². The molecule has 0 saturated heterocycles. The molecule has 3 N–H and O–H groups in total. The summed E-state index contributed by atoms with van der Waals surface area (Å²) in [5.41, 5.74) is 4.18. The summed E-state index contributed by atoms with van der Waals surface area (Å²) in [5, 5.41) is 31.6. The average molecular weight is 842 g/mol. The van der Waals surface area contributed by atoms with E-state index in [2.05, 4.69) is 15.9 Å². The second kappa shape index (κ2) is 26.4. The molecule has 0 spiro atoms. The number of aromatic carboxylic acids is 1. The summed E-state index contributed by atoms with van der Waals surface area (Å²) in [4.78, 5) is 35.4. The number of carboxylic acids is 1. The molecule has 3 aromatic heterocycles. The van der Waals surface area contributed by atoms with Gasteiger partial charge < -0.3 is 24.6 Å². The standard InChI is InChI=1S/C13H12O2S.C11H8O2S.C7H7BrO2S.C6H7BO2.3CH4/c1-2-15-13(14)11-8-9-16-12(11)10-6-4-3-5-7-10;12-11(13)9-6-7-14-10(9)8-4-2-1-3-5-8;1-2-10-7(9)5-3-4-11-6(5)8;8-7(9)6-4-2-1-3-5-6;;;/h3-9H,2H2,1H3;1-7H,(H,12,13);3-4H,2H2,1H3;1-5,8-9H;3*1H4. The number of halogens is 1. The second-order valence-electron chi connectivity index (χ2n) is 9.70. The molecule has 0 unspecified atom stereocenters. The van der Waals surface area contributed by atoms with Gasteiger partial charge in [0.25, 0.3) is 0 Å². The third-order valence-electron chi connectivity index (χ3n) is 6.34. The summed E-state index contributed by atoms with van der Waals surface area (Å²) in [7, 11) is -1.34. The number of benzene rings is 3. The zero-order chi connectivity index (χ0) is 36.3. The molecule has 0 radical (unpaired) electrons. The van der Waals surface area contributed by atoms with E-state index < -0.39 is 13.1 Å². The number of hydrogen-bond acceptors (Lipinski definition) is 10. The monoisotopic (exact) mass is 840 g/mol. The van der Waals surface area contributed by atoms with Crippen molar-refractivity contribution in [3.8, 4) is 20.9 Å². The van der Waals surface area contributed by atoms with Crippen molar-refractivity contribution in [3.05, 3.63) is 146 Å². The van der Waals surface area contributed by atoms with E-state index in [-0.39, 0.29) is 34.2 Å². The number of thiophene rings is 3. The topological polar surface area (TPSA) is 130 Å². The SMILES string of the molecule is C.C.C.CCOC(=O)c1ccsc1-c1ccccc1.CCOC(=O)c1ccsc1Br.O=C(O)c1ccsc1-c1ccccc1.OB(O)c1ccccc1. The van der Waals surface area contributed by atoms with Crippen LogP contribution in [0.3, 0.4) is 0 Å². The first-order chi connectivity index (χ1) is 24.2. The summed E-state index contributed by atoms with van der Waals surface area (Å²) < 4.78 is 10.7. The summed E-state index contributed by atoms with van der Waals surface area (Å²) in [6, 6.07) is 33.3. The predicted molar refractivity (Wildman–Crippen MR) is 227 cm³/mol. The van der Waals surface area contributed by atoms with Gasteiger partial charge in [-0.3, -0.25) is 0 Å². The molecule has 0 amide bonds. The molecule has 8 nitrogen and oxygen atoms in total. The highest BCUT2D eigenvalue weighted by atomic mass is 79.9. The van der Waals surface area contributed by atoms with Crippen LogP contribution in [0.1, 0.15) is 67.2 Å². The van der Waals surface area contributed by atoms with Gasteiger partial charge in [-0.1, -0.05) is 113 Å². The molecule has 3 aromatic carbocycles. The van der Waals surface area contributed by atoms with Crippen molar-refractivity contribution in [3.63, 3.8) is 0 Å². The molecule has 3 heterocycles. The fraction of sp³-hybridized carbons (Fsp3) is 0.175. The maximum Gasteiger partial charge on any atom is 0.488 e. The van der Waals surface area contributed by atoms with Gasteiger partial charge in [-0.2, -0.15) is 0 Å². The van der Waals surface area contributed by atoms with Gasteiger partial charge in [-0.25, -0.2) is 14.4 Å². The van der Waals surface area contributed by atoms with E-state index in [1.807, 2.05) is 90.5 Å². The molecule has 0 fully saturated rings. The van der Waals surface area contributed by atoms with Gasteiger partial charge in [0.15, 0.2) is 0 Å². The minimum atomic E-state index is -1.34. The van der Waals surface area contributed by atoms with Gasteiger partial charge >= 0.3 is 25.0 Å². The highest BCUT2D eigenvalue weighted by Gasteiger charge is 2.15. The van der Waals surface area contributed by atoms with Crippen molar-refractivity contribution >= 4 is 80.4 Å². The molecule has 0 aliphatic heterocycles. The highest BCUT2D eigenvalue weighted by Crippen LogP contribution is 2.30. The van der Waals surface area contributed by atoms with Gasteiger partial charge in [-0.05, 0) is 80.7 Å². The number of carboxylic acid groups (broad SMARTS) is 1. The molecule has 282 valence electrons. The average Bonchev–Trinajstić information content (AvgIpc) is 3.92. The van der Waals surface area contributed by atoms with Crippen molar-refractivity contribution in [1.82, 2.24) is 0 Å². The molecule has 0 aliphatic carbocycles. The van der Waals surface area contributed by atoms with Gasteiger partial charge in [-0.15, -0.1) is 34.0 Å². The van der Waals surface area contributed by atoms with Crippen LogP contribution in [0.2, 0.25) is 0 Å². The maximum absolute atomic E-state index is 11.7.